The summed E-state index contributed by atoms with van der Waals surface area (Å²) in [5.74, 6) is -0.0855. The molecule has 0 spiro atoms. The molecule has 0 saturated carbocycles. The fourth-order valence-corrected chi connectivity index (χ4v) is 3.71. The van der Waals surface area contributed by atoms with Crippen LogP contribution in [0.25, 0.3) is 6.08 Å². The maximum atomic E-state index is 10.7. The lowest BCUT2D eigenvalue weighted by Crippen LogP contribution is -2.09. The molecule has 1 unspecified atom stereocenters. The zero-order chi connectivity index (χ0) is 25.3. The average Bonchev–Trinajstić information content (AvgIpc) is 2.74. The second-order valence-electron chi connectivity index (χ2n) is 8.82. The molecule has 0 bridgehead atoms. The van der Waals surface area contributed by atoms with Crippen LogP contribution >= 0.6 is 0 Å². The van der Waals surface area contributed by atoms with E-state index in [-0.39, 0.29) is 18.9 Å². The summed E-state index contributed by atoms with van der Waals surface area (Å²) in [5, 5.41) is 27.9. The second-order valence-corrected chi connectivity index (χ2v) is 8.82. The van der Waals surface area contributed by atoms with Crippen LogP contribution < -0.4 is 9.47 Å². The van der Waals surface area contributed by atoms with Crippen molar-refractivity contribution in [1.82, 2.24) is 0 Å². The number of aliphatic carboxylic acids is 2. The first-order valence-corrected chi connectivity index (χ1v) is 12.5. The van der Waals surface area contributed by atoms with E-state index in [9.17, 15) is 14.7 Å². The standard InChI is InChI=1S/C27H42O7/c1-4-33-23-18-21(12-8-5-6-10-14-26(29)30)24(25(19-23)34-20(2)3)17-16-22(28)13-9-7-11-15-27(31)32/h16-20,22,28H,4-15H2,1-3H3,(H,29,30)(H,31,32)/b17-16+. The number of rotatable bonds is 19. The van der Waals surface area contributed by atoms with Crippen LogP contribution in [0.2, 0.25) is 0 Å². The van der Waals surface area contributed by atoms with Crippen LogP contribution in [0.5, 0.6) is 11.5 Å². The molecule has 0 aliphatic rings. The van der Waals surface area contributed by atoms with Crippen LogP contribution in [0.15, 0.2) is 18.2 Å². The number of hydrogen-bond donors (Lipinski definition) is 3. The van der Waals surface area contributed by atoms with Gasteiger partial charge in [-0.05, 0) is 64.5 Å². The highest BCUT2D eigenvalue weighted by molar-refractivity contribution is 5.67. The molecular formula is C27H42O7. The van der Waals surface area contributed by atoms with Gasteiger partial charge >= 0.3 is 11.9 Å². The molecule has 0 saturated heterocycles. The normalized spacial score (nSPS) is 12.3. The lowest BCUT2D eigenvalue weighted by molar-refractivity contribution is -0.138. The Bertz CT molecular complexity index is 770. The first-order valence-electron chi connectivity index (χ1n) is 12.5. The second kappa shape index (κ2) is 17.0. The number of carbonyl (C=O) groups is 2. The fourth-order valence-electron chi connectivity index (χ4n) is 3.71. The quantitative estimate of drug-likeness (QED) is 0.213. The van der Waals surface area contributed by atoms with E-state index in [1.54, 1.807) is 6.08 Å². The third-order valence-electron chi connectivity index (χ3n) is 5.34. The molecule has 3 N–H and O–H groups in total. The van der Waals surface area contributed by atoms with Gasteiger partial charge in [0.1, 0.15) is 11.5 Å². The van der Waals surface area contributed by atoms with Crippen molar-refractivity contribution in [2.24, 2.45) is 0 Å². The molecule has 1 atom stereocenters. The molecule has 1 aromatic carbocycles. The van der Waals surface area contributed by atoms with E-state index in [0.29, 0.717) is 31.6 Å². The smallest absolute Gasteiger partial charge is 0.303 e. The van der Waals surface area contributed by atoms with E-state index >= 15 is 0 Å². The Kier molecular flexibility index (Phi) is 14.7. The number of aliphatic hydroxyl groups is 1. The Balaban J connectivity index is 2.91. The maximum absolute atomic E-state index is 10.7. The van der Waals surface area contributed by atoms with Crippen molar-refractivity contribution in [3.63, 3.8) is 0 Å². The summed E-state index contributed by atoms with van der Waals surface area (Å²) in [5.41, 5.74) is 2.00. The van der Waals surface area contributed by atoms with Crippen molar-refractivity contribution in [2.45, 2.75) is 104 Å². The van der Waals surface area contributed by atoms with Crippen LogP contribution in [0, 0.1) is 0 Å². The first-order chi connectivity index (χ1) is 16.2. The molecule has 0 aliphatic carbocycles. The molecule has 7 nitrogen and oxygen atoms in total. The Morgan fingerprint density at radius 3 is 2.15 bits per heavy atom. The van der Waals surface area contributed by atoms with Gasteiger partial charge in [-0.1, -0.05) is 37.8 Å². The number of aliphatic hydroxyl groups excluding tert-OH is 1. The van der Waals surface area contributed by atoms with Crippen molar-refractivity contribution in [2.75, 3.05) is 6.61 Å². The Morgan fingerprint density at radius 1 is 0.941 bits per heavy atom. The topological polar surface area (TPSA) is 113 Å². The van der Waals surface area contributed by atoms with Gasteiger partial charge in [0.05, 0.1) is 18.8 Å². The minimum Gasteiger partial charge on any atom is -0.494 e. The zero-order valence-corrected chi connectivity index (χ0v) is 20.9. The van der Waals surface area contributed by atoms with Crippen molar-refractivity contribution in [3.05, 3.63) is 29.3 Å². The molecule has 0 heterocycles. The molecule has 1 aromatic rings. The SMILES string of the molecule is CCOc1cc(CCCCCCC(=O)O)c(/C=C/C(O)CCCCCC(=O)O)c(OC(C)C)c1. The van der Waals surface area contributed by atoms with Gasteiger partial charge in [-0.25, -0.2) is 0 Å². The van der Waals surface area contributed by atoms with Gasteiger partial charge < -0.3 is 24.8 Å². The molecule has 1 rings (SSSR count). The zero-order valence-electron chi connectivity index (χ0n) is 20.9. The van der Waals surface area contributed by atoms with Gasteiger partial charge in [0.15, 0.2) is 0 Å². The van der Waals surface area contributed by atoms with Crippen molar-refractivity contribution >= 4 is 18.0 Å². The molecule has 192 valence electrons. The molecule has 0 radical (unpaired) electrons. The molecular weight excluding hydrogens is 436 g/mol. The van der Waals surface area contributed by atoms with E-state index in [2.05, 4.69) is 0 Å². The van der Waals surface area contributed by atoms with Crippen LogP contribution in [0.3, 0.4) is 0 Å². The number of aryl methyl sites for hydroxylation is 1. The Hall–Kier alpha value is -2.54. The molecule has 0 aromatic heterocycles. The lowest BCUT2D eigenvalue weighted by atomic mass is 9.98. The molecule has 0 fully saturated rings. The summed E-state index contributed by atoms with van der Waals surface area (Å²) in [6, 6.07) is 3.91. The minimum absolute atomic E-state index is 0.0212. The van der Waals surface area contributed by atoms with Crippen LogP contribution in [-0.2, 0) is 16.0 Å². The van der Waals surface area contributed by atoms with Crippen molar-refractivity contribution < 1.29 is 34.4 Å². The first kappa shape index (κ1) is 29.5. The van der Waals surface area contributed by atoms with Crippen molar-refractivity contribution in [1.29, 1.82) is 0 Å². The highest BCUT2D eigenvalue weighted by Gasteiger charge is 2.13. The van der Waals surface area contributed by atoms with Gasteiger partial charge in [-0.2, -0.15) is 0 Å². The maximum Gasteiger partial charge on any atom is 0.303 e. The van der Waals surface area contributed by atoms with E-state index < -0.39 is 18.0 Å². The number of carboxylic acids is 2. The predicted octanol–water partition coefficient (Wildman–Crippen LogP) is 5.86. The van der Waals surface area contributed by atoms with Gasteiger partial charge in [-0.15, -0.1) is 0 Å². The molecule has 34 heavy (non-hydrogen) atoms. The van der Waals surface area contributed by atoms with Crippen LogP contribution in [-0.4, -0.2) is 46.1 Å². The summed E-state index contributed by atoms with van der Waals surface area (Å²) in [7, 11) is 0. The minimum atomic E-state index is -0.789. The van der Waals surface area contributed by atoms with Crippen LogP contribution in [0.4, 0.5) is 0 Å². The van der Waals surface area contributed by atoms with Gasteiger partial charge in [0.2, 0.25) is 0 Å². The number of unbranched alkanes of at least 4 members (excludes halogenated alkanes) is 5. The summed E-state index contributed by atoms with van der Waals surface area (Å²) in [6.07, 6.45) is 10.4. The summed E-state index contributed by atoms with van der Waals surface area (Å²) in [6.45, 7) is 6.42. The monoisotopic (exact) mass is 478 g/mol. The Morgan fingerprint density at radius 2 is 1.56 bits per heavy atom. The van der Waals surface area contributed by atoms with E-state index in [4.69, 9.17) is 19.7 Å². The molecule has 0 aliphatic heterocycles. The lowest BCUT2D eigenvalue weighted by Gasteiger charge is -2.18. The average molecular weight is 479 g/mol. The predicted molar refractivity (Wildman–Crippen MR) is 134 cm³/mol. The number of hydrogen-bond acceptors (Lipinski definition) is 5. The van der Waals surface area contributed by atoms with E-state index in [1.165, 1.54) is 0 Å². The highest BCUT2D eigenvalue weighted by atomic mass is 16.5. The molecule has 7 heteroatoms. The van der Waals surface area contributed by atoms with Gasteiger partial charge in [-0.3, -0.25) is 9.59 Å². The fraction of sp³-hybridized carbons (Fsp3) is 0.630. The third-order valence-corrected chi connectivity index (χ3v) is 5.34. The summed E-state index contributed by atoms with van der Waals surface area (Å²) in [4.78, 5) is 21.3. The summed E-state index contributed by atoms with van der Waals surface area (Å²) < 4.78 is 11.8. The Labute approximate surface area is 203 Å². The number of ether oxygens (including phenoxy) is 2. The highest BCUT2D eigenvalue weighted by Crippen LogP contribution is 2.32. The van der Waals surface area contributed by atoms with E-state index in [1.807, 2.05) is 39.0 Å². The van der Waals surface area contributed by atoms with Crippen molar-refractivity contribution in [3.8, 4) is 11.5 Å². The van der Waals surface area contributed by atoms with Gasteiger partial charge in [0.25, 0.3) is 0 Å². The van der Waals surface area contributed by atoms with Gasteiger partial charge in [0, 0.05) is 24.5 Å². The van der Waals surface area contributed by atoms with E-state index in [0.717, 1.165) is 55.4 Å². The third kappa shape index (κ3) is 13.2. The molecule has 0 amide bonds. The summed E-state index contributed by atoms with van der Waals surface area (Å²) >= 11 is 0. The number of benzene rings is 1. The largest absolute Gasteiger partial charge is 0.494 e. The number of carboxylic acid groups (broad SMARTS) is 2. The van der Waals surface area contributed by atoms with Crippen LogP contribution in [0.1, 0.15) is 96.1 Å².